The quantitative estimate of drug-likeness (QED) is 0.689. The summed E-state index contributed by atoms with van der Waals surface area (Å²) < 4.78 is 1.78. The molecule has 0 aliphatic carbocycles. The number of hydrogen-bond acceptors (Lipinski definition) is 3. The first-order chi connectivity index (χ1) is 7.91. The number of rotatable bonds is 5. The van der Waals surface area contributed by atoms with Crippen LogP contribution in [0.15, 0.2) is 18.3 Å². The number of aromatic nitrogens is 1. The van der Waals surface area contributed by atoms with Crippen LogP contribution in [-0.2, 0) is 11.8 Å². The highest BCUT2D eigenvalue weighted by molar-refractivity contribution is 5.96. The fourth-order valence-electron chi connectivity index (χ4n) is 1.51. The van der Waals surface area contributed by atoms with Crippen LogP contribution >= 0.6 is 0 Å². The van der Waals surface area contributed by atoms with Crippen molar-refractivity contribution in [2.24, 2.45) is 7.05 Å². The van der Waals surface area contributed by atoms with Crippen LogP contribution in [0.1, 0.15) is 10.5 Å². The molecule has 0 saturated heterocycles. The molecule has 0 aliphatic heterocycles. The summed E-state index contributed by atoms with van der Waals surface area (Å²) in [4.78, 5) is 26.6. The van der Waals surface area contributed by atoms with Crippen LogP contribution in [0.2, 0.25) is 0 Å². The molecule has 0 atom stereocenters. The first kappa shape index (κ1) is 13.4. The molecule has 0 saturated carbocycles. The predicted molar refractivity (Wildman–Crippen MR) is 65.9 cm³/mol. The van der Waals surface area contributed by atoms with Gasteiger partial charge in [0.2, 0.25) is 5.91 Å². The van der Waals surface area contributed by atoms with Crippen molar-refractivity contribution in [2.45, 2.75) is 0 Å². The average molecular weight is 237 g/mol. The van der Waals surface area contributed by atoms with Gasteiger partial charge in [0.15, 0.2) is 5.78 Å². The summed E-state index contributed by atoms with van der Waals surface area (Å²) >= 11 is 0. The fraction of sp³-hybridized carbons (Fsp3) is 0.500. The van der Waals surface area contributed by atoms with Gasteiger partial charge in [-0.3, -0.25) is 14.5 Å². The molecule has 94 valence electrons. The Kier molecular flexibility index (Phi) is 4.45. The molecule has 5 heteroatoms. The molecule has 1 aromatic heterocycles. The Morgan fingerprint density at radius 2 is 1.88 bits per heavy atom. The highest BCUT2D eigenvalue weighted by Gasteiger charge is 2.14. The molecule has 1 amide bonds. The lowest BCUT2D eigenvalue weighted by molar-refractivity contribution is -0.129. The van der Waals surface area contributed by atoms with Crippen molar-refractivity contribution in [3.05, 3.63) is 24.0 Å². The van der Waals surface area contributed by atoms with Gasteiger partial charge in [-0.25, -0.2) is 0 Å². The van der Waals surface area contributed by atoms with Crippen LogP contribution in [0, 0.1) is 0 Å². The van der Waals surface area contributed by atoms with Crippen molar-refractivity contribution >= 4 is 11.7 Å². The average Bonchev–Trinajstić information content (AvgIpc) is 2.63. The van der Waals surface area contributed by atoms with Crippen molar-refractivity contribution in [1.82, 2.24) is 14.4 Å². The summed E-state index contributed by atoms with van der Waals surface area (Å²) in [5, 5.41) is 0. The molecule has 0 aromatic carbocycles. The van der Waals surface area contributed by atoms with E-state index >= 15 is 0 Å². The molecular formula is C12H19N3O2. The lowest BCUT2D eigenvalue weighted by Crippen LogP contribution is -2.37. The smallest absolute Gasteiger partial charge is 0.236 e. The monoisotopic (exact) mass is 237 g/mol. The Balaban J connectivity index is 2.52. The van der Waals surface area contributed by atoms with E-state index in [1.807, 2.05) is 19.3 Å². The van der Waals surface area contributed by atoms with Gasteiger partial charge in [-0.15, -0.1) is 0 Å². The van der Waals surface area contributed by atoms with Gasteiger partial charge in [0, 0.05) is 27.3 Å². The first-order valence-corrected chi connectivity index (χ1v) is 5.45. The predicted octanol–water partition coefficient (Wildman–Crippen LogP) is 0.228. The van der Waals surface area contributed by atoms with Gasteiger partial charge >= 0.3 is 0 Å². The second-order valence-corrected chi connectivity index (χ2v) is 4.39. The van der Waals surface area contributed by atoms with Crippen molar-refractivity contribution < 1.29 is 9.59 Å². The SMILES string of the molecule is CN(CC(=O)c1cccn1C)CC(=O)N(C)C. The fourth-order valence-corrected chi connectivity index (χ4v) is 1.51. The van der Waals surface area contributed by atoms with Crippen LogP contribution in [0.4, 0.5) is 0 Å². The van der Waals surface area contributed by atoms with E-state index in [1.165, 1.54) is 4.90 Å². The van der Waals surface area contributed by atoms with E-state index in [4.69, 9.17) is 0 Å². The number of ketones is 1. The largest absolute Gasteiger partial charge is 0.348 e. The zero-order valence-corrected chi connectivity index (χ0v) is 10.8. The van der Waals surface area contributed by atoms with Crippen LogP contribution in [0.25, 0.3) is 0 Å². The molecule has 0 fully saturated rings. The number of carbonyl (C=O) groups is 2. The number of nitrogens with zero attached hydrogens (tertiary/aromatic N) is 3. The van der Waals surface area contributed by atoms with Crippen molar-refractivity contribution in [3.63, 3.8) is 0 Å². The molecule has 0 N–H and O–H groups in total. The highest BCUT2D eigenvalue weighted by atomic mass is 16.2. The van der Waals surface area contributed by atoms with E-state index < -0.39 is 0 Å². The summed E-state index contributed by atoms with van der Waals surface area (Å²) in [6, 6.07) is 3.61. The van der Waals surface area contributed by atoms with Gasteiger partial charge in [-0.05, 0) is 19.2 Å². The molecule has 5 nitrogen and oxygen atoms in total. The van der Waals surface area contributed by atoms with Gasteiger partial charge in [0.05, 0.1) is 18.8 Å². The summed E-state index contributed by atoms with van der Waals surface area (Å²) in [6.45, 7) is 0.501. The minimum atomic E-state index is -0.00724. The topological polar surface area (TPSA) is 45.6 Å². The van der Waals surface area contributed by atoms with E-state index in [9.17, 15) is 9.59 Å². The third-order valence-corrected chi connectivity index (χ3v) is 2.55. The third-order valence-electron chi connectivity index (χ3n) is 2.55. The maximum atomic E-state index is 11.9. The van der Waals surface area contributed by atoms with Gasteiger partial charge in [-0.1, -0.05) is 0 Å². The number of hydrogen-bond donors (Lipinski definition) is 0. The molecular weight excluding hydrogens is 218 g/mol. The second kappa shape index (κ2) is 5.63. The Labute approximate surface area is 102 Å². The number of amides is 1. The molecule has 0 unspecified atom stereocenters. The Bertz CT molecular complexity index is 410. The summed E-state index contributed by atoms with van der Waals surface area (Å²) in [5.74, 6) is 0.0127. The summed E-state index contributed by atoms with van der Waals surface area (Å²) in [6.07, 6.45) is 1.83. The summed E-state index contributed by atoms with van der Waals surface area (Å²) in [5.41, 5.74) is 0.661. The molecule has 0 radical (unpaired) electrons. The maximum absolute atomic E-state index is 11.9. The van der Waals surface area contributed by atoms with E-state index in [0.717, 1.165) is 0 Å². The molecule has 0 spiro atoms. The van der Waals surface area contributed by atoms with Gasteiger partial charge in [0.1, 0.15) is 0 Å². The Morgan fingerprint density at radius 1 is 1.24 bits per heavy atom. The number of aryl methyl sites for hydroxylation is 1. The van der Waals surface area contributed by atoms with Gasteiger partial charge < -0.3 is 9.47 Å². The minimum absolute atomic E-state index is 0.00724. The van der Waals surface area contributed by atoms with Crippen LogP contribution in [0.5, 0.6) is 0 Å². The van der Waals surface area contributed by atoms with E-state index in [-0.39, 0.29) is 24.8 Å². The molecule has 0 bridgehead atoms. The highest BCUT2D eigenvalue weighted by Crippen LogP contribution is 2.02. The zero-order valence-electron chi connectivity index (χ0n) is 10.8. The van der Waals surface area contributed by atoms with Crippen molar-refractivity contribution in [1.29, 1.82) is 0 Å². The standard InChI is InChI=1S/C12H19N3O2/c1-13(2)12(17)9-14(3)8-11(16)10-6-5-7-15(10)4/h5-7H,8-9H2,1-4H3. The van der Waals surface area contributed by atoms with Crippen LogP contribution < -0.4 is 0 Å². The molecule has 1 heterocycles. The van der Waals surface area contributed by atoms with Gasteiger partial charge in [0.25, 0.3) is 0 Å². The molecule has 0 aliphatic rings. The number of Topliss-reactive ketones (excluding diaryl/α,β-unsaturated/α-hetero) is 1. The normalized spacial score (nSPS) is 10.6. The van der Waals surface area contributed by atoms with Crippen LogP contribution in [-0.4, -0.2) is 60.3 Å². The van der Waals surface area contributed by atoms with E-state index in [1.54, 1.807) is 36.7 Å². The van der Waals surface area contributed by atoms with Gasteiger partial charge in [-0.2, -0.15) is 0 Å². The Hall–Kier alpha value is -1.62. The van der Waals surface area contributed by atoms with Crippen LogP contribution in [0.3, 0.4) is 0 Å². The number of carbonyl (C=O) groups excluding carboxylic acids is 2. The lowest BCUT2D eigenvalue weighted by atomic mass is 10.2. The molecule has 1 aromatic rings. The minimum Gasteiger partial charge on any atom is -0.348 e. The second-order valence-electron chi connectivity index (χ2n) is 4.39. The van der Waals surface area contributed by atoms with E-state index in [0.29, 0.717) is 5.69 Å². The zero-order chi connectivity index (χ0) is 13.0. The lowest BCUT2D eigenvalue weighted by Gasteiger charge is -2.18. The number of likely N-dealkylation sites (N-methyl/N-ethyl adjacent to an activating group) is 2. The molecule has 1 rings (SSSR count). The van der Waals surface area contributed by atoms with Crippen molar-refractivity contribution in [3.8, 4) is 0 Å². The summed E-state index contributed by atoms with van der Waals surface area (Å²) in [7, 11) is 7.00. The Morgan fingerprint density at radius 3 is 2.35 bits per heavy atom. The first-order valence-electron chi connectivity index (χ1n) is 5.45. The van der Waals surface area contributed by atoms with Crippen molar-refractivity contribution in [2.75, 3.05) is 34.2 Å². The van der Waals surface area contributed by atoms with E-state index in [2.05, 4.69) is 0 Å². The third kappa shape index (κ3) is 3.71. The molecule has 17 heavy (non-hydrogen) atoms. The maximum Gasteiger partial charge on any atom is 0.236 e.